The van der Waals surface area contributed by atoms with Crippen LogP contribution in [0.15, 0.2) is 12.7 Å². The van der Waals surface area contributed by atoms with Gasteiger partial charge in [0.1, 0.15) is 56.0 Å². The number of esters is 10. The average Bonchev–Trinajstić information content (AvgIpc) is 0.843. The molecule has 0 radical (unpaired) electrons. The standard InChI is InChI=1S/C30H55NO7.C22H39NO8.C22H41NO6.C18H31NO7.C7H12O2.CH3NO2.CH4/c1-11-12-13-14-15-16-23(32)31-30(20-17-24(33)36-27(2,3)4,21-18-25(34)37-28(5,6)7)22-19-26(35)38-29(8,9)10;1-19(2,3)29-16(24)10-13-22(23(27)28,14-11-17(25)30-20(4,5)6)15-12-18(26)31-21(7,8)9;1-19(2,3)27-16(24)10-13-22(23,14-11-17(25)28-20(4,5)6)15-12-18(26)29-21(7,8)9;1-2-3-4-5-6-7-14(20)19-18(11-8-15(21)22,12-9-16(23)24)13-10-17(25)26;1-5-6(8)9-7(2,3)4;1-2(3)4;/h11-22H2,1-10H3,(H,31,32);10-15H2,1-9H3;10-15,23H2,1-9H3;2-13H2,1H3,(H,19,20)(H,21,22)(H,23,24)(H,25,26);5H,1H2,2-4H3;1H3;1H4. The summed E-state index contributed by atoms with van der Waals surface area (Å²) in [6, 6.07) is 0. The lowest BCUT2D eigenvalue weighted by molar-refractivity contribution is -0.573. The monoisotopic (exact) mass is 1980 g/mol. The van der Waals surface area contributed by atoms with Crippen LogP contribution in [0.1, 0.15) is 460 Å². The van der Waals surface area contributed by atoms with E-state index in [0.29, 0.717) is 32.1 Å². The van der Waals surface area contributed by atoms with E-state index in [4.69, 9.17) is 78.5 Å². The molecule has 0 aromatic carbocycles. The number of carbonyl (C=O) groups is 15. The lowest BCUT2D eigenvalue weighted by Crippen LogP contribution is -2.50. The number of amides is 2. The van der Waals surface area contributed by atoms with Crippen molar-refractivity contribution in [2.45, 2.75) is 538 Å². The average molecular weight is 1980 g/mol. The Hall–Kier alpha value is -9.45. The quantitative estimate of drug-likeness (QED) is 0.00822. The van der Waals surface area contributed by atoms with Crippen LogP contribution in [0, 0.1) is 20.2 Å². The summed E-state index contributed by atoms with van der Waals surface area (Å²) in [7, 11) is 0.889. The second-order valence-corrected chi connectivity index (χ2v) is 44.5. The number of aliphatic carboxylic acids is 3. The van der Waals surface area contributed by atoms with Crippen molar-refractivity contribution < 1.29 is 144 Å². The molecule has 0 fully saturated rings. The number of nitro groups is 2. The minimum Gasteiger partial charge on any atom is -0.481 e. The molecule has 0 aliphatic heterocycles. The number of nitrogens with two attached hydrogens (primary N) is 1. The van der Waals surface area contributed by atoms with Crippen molar-refractivity contribution >= 4 is 89.4 Å². The fourth-order valence-corrected chi connectivity index (χ4v) is 12.6. The van der Waals surface area contributed by atoms with Gasteiger partial charge in [-0.15, -0.1) is 0 Å². The molecule has 37 heteroatoms. The van der Waals surface area contributed by atoms with Crippen molar-refractivity contribution in [1.29, 1.82) is 0 Å². The van der Waals surface area contributed by atoms with E-state index >= 15 is 0 Å². The van der Waals surface area contributed by atoms with Gasteiger partial charge in [-0.1, -0.05) is 79.2 Å². The van der Waals surface area contributed by atoms with Crippen LogP contribution in [0.5, 0.6) is 0 Å². The molecule has 7 N–H and O–H groups in total. The SMILES string of the molecule is C.C=CC(=O)OC(C)(C)C.CC(C)(C)OC(=O)CCC(CCC(=O)OC(C)(C)C)(CCC(=O)OC(C)(C)C)[N+](=O)[O-].CC(C)(C)OC(=O)CCC(N)(CCC(=O)OC(C)(C)C)CCC(=O)OC(C)(C)C.CCCCCCCC(=O)NC(CCC(=O)O)(CCC(=O)O)CCC(=O)O.CCCCCCCC(=O)NC(CCC(=O)OC(C)(C)C)(CCC(=O)OC(C)(C)C)CCC(=O)OC(C)(C)C.C[N+](=O)[O-]. The molecule has 0 aliphatic carbocycles. The van der Waals surface area contributed by atoms with Crippen LogP contribution in [-0.2, 0) is 119 Å². The third-order valence-electron chi connectivity index (χ3n) is 18.3. The van der Waals surface area contributed by atoms with Crippen LogP contribution in [0.2, 0.25) is 0 Å². The van der Waals surface area contributed by atoms with Crippen molar-refractivity contribution in [2.75, 3.05) is 7.05 Å². The Kier molecular flexibility index (Phi) is 68.8. The number of nitrogens with one attached hydrogen (secondary N) is 2. The topological polar surface area (TPSA) is 545 Å². The molecule has 0 saturated carbocycles. The van der Waals surface area contributed by atoms with Crippen molar-refractivity contribution in [1.82, 2.24) is 10.6 Å². The van der Waals surface area contributed by atoms with E-state index in [1.165, 1.54) is 0 Å². The molecule has 0 bridgehead atoms. The summed E-state index contributed by atoms with van der Waals surface area (Å²) in [5.74, 6) is -8.04. The Bertz CT molecular complexity index is 3420. The lowest BCUT2D eigenvalue weighted by Gasteiger charge is -2.36. The number of unbranched alkanes of at least 4 members (excludes halogenated alkanes) is 8. The summed E-state index contributed by atoms with van der Waals surface area (Å²) in [4.78, 5) is 199. The highest BCUT2D eigenvalue weighted by molar-refractivity contribution is 5.82. The Balaban J connectivity index is -0.000000318. The number of carboxylic acid groups (broad SMARTS) is 3. The molecule has 0 atom stereocenters. The van der Waals surface area contributed by atoms with Crippen LogP contribution in [0.3, 0.4) is 0 Å². The zero-order chi connectivity index (χ0) is 108. The van der Waals surface area contributed by atoms with E-state index in [2.05, 4.69) is 31.1 Å². The molecular formula is C101H185N5O32. The smallest absolute Gasteiger partial charge is 0.330 e. The van der Waals surface area contributed by atoms with Crippen LogP contribution in [0.25, 0.3) is 0 Å². The molecule has 138 heavy (non-hydrogen) atoms. The number of rotatable bonds is 52. The maximum Gasteiger partial charge on any atom is 0.330 e. The predicted octanol–water partition coefficient (Wildman–Crippen LogP) is 19.8. The summed E-state index contributed by atoms with van der Waals surface area (Å²) in [6.07, 6.45) is 11.8. The van der Waals surface area contributed by atoms with Crippen LogP contribution < -0.4 is 16.4 Å². The van der Waals surface area contributed by atoms with Gasteiger partial charge in [0, 0.05) is 122 Å². The van der Waals surface area contributed by atoms with Gasteiger partial charge in [-0.3, -0.25) is 87.4 Å². The molecule has 0 rings (SSSR count). The van der Waals surface area contributed by atoms with Crippen molar-refractivity contribution in [3.8, 4) is 0 Å². The molecule has 0 aromatic rings. The van der Waals surface area contributed by atoms with E-state index in [-0.39, 0.29) is 184 Å². The Morgan fingerprint density at radius 1 is 0.290 bits per heavy atom. The number of ether oxygens (including phenoxy) is 10. The summed E-state index contributed by atoms with van der Waals surface area (Å²) >= 11 is 0. The normalized spacial score (nSPS) is 12.0. The van der Waals surface area contributed by atoms with E-state index < -0.39 is 142 Å². The third-order valence-corrected chi connectivity index (χ3v) is 18.3. The van der Waals surface area contributed by atoms with Gasteiger partial charge in [0.2, 0.25) is 17.4 Å². The molecular weight excluding hydrogens is 1800 g/mol. The molecule has 0 spiro atoms. The van der Waals surface area contributed by atoms with Gasteiger partial charge in [-0.05, 0) is 278 Å². The zero-order valence-corrected chi connectivity index (χ0v) is 89.9. The summed E-state index contributed by atoms with van der Waals surface area (Å²) < 4.78 is 53.1. The van der Waals surface area contributed by atoms with Gasteiger partial charge in [0.15, 0.2) is 7.05 Å². The second-order valence-electron chi connectivity index (χ2n) is 44.5. The first-order valence-electron chi connectivity index (χ1n) is 47.8. The summed E-state index contributed by atoms with van der Waals surface area (Å²) in [6.45, 7) is 60.6. The van der Waals surface area contributed by atoms with Gasteiger partial charge in [-0.2, -0.15) is 0 Å². The molecule has 0 saturated heterocycles. The third kappa shape index (κ3) is 95.5. The van der Waals surface area contributed by atoms with Gasteiger partial charge >= 0.3 is 77.6 Å². The molecule has 0 aliphatic rings. The van der Waals surface area contributed by atoms with Crippen molar-refractivity contribution in [3.05, 3.63) is 32.9 Å². The highest BCUT2D eigenvalue weighted by Crippen LogP contribution is 2.35. The zero-order valence-electron chi connectivity index (χ0n) is 89.9. The second kappa shape index (κ2) is 67.0. The molecule has 0 heterocycles. The highest BCUT2D eigenvalue weighted by Gasteiger charge is 2.45. The van der Waals surface area contributed by atoms with E-state index in [0.717, 1.165) is 70.9 Å². The predicted molar refractivity (Wildman–Crippen MR) is 527 cm³/mol. The van der Waals surface area contributed by atoms with E-state index in [9.17, 15) is 82.0 Å². The maximum absolute atomic E-state index is 13.1. The first-order valence-corrected chi connectivity index (χ1v) is 47.8. The van der Waals surface area contributed by atoms with E-state index in [1.807, 2.05) is 20.8 Å². The minimum atomic E-state index is -1.66. The number of hydrogen-bond donors (Lipinski definition) is 6. The highest BCUT2D eigenvalue weighted by atomic mass is 16.6. The largest absolute Gasteiger partial charge is 0.481 e. The Morgan fingerprint density at radius 2 is 0.457 bits per heavy atom. The van der Waals surface area contributed by atoms with Crippen LogP contribution >= 0.6 is 0 Å². The van der Waals surface area contributed by atoms with Crippen LogP contribution in [-0.4, -0.2) is 200 Å². The Labute approximate surface area is 824 Å². The van der Waals surface area contributed by atoms with Gasteiger partial charge in [-0.25, -0.2) is 4.79 Å². The summed E-state index contributed by atoms with van der Waals surface area (Å²) in [5, 5.41) is 53.6. The molecule has 806 valence electrons. The van der Waals surface area contributed by atoms with Gasteiger partial charge in [0.25, 0.3) is 0 Å². The number of nitrogens with zero attached hydrogens (tertiary/aromatic N) is 2. The van der Waals surface area contributed by atoms with Gasteiger partial charge in [0.05, 0.1) is 19.3 Å². The Morgan fingerprint density at radius 3 is 0.609 bits per heavy atom. The van der Waals surface area contributed by atoms with Crippen molar-refractivity contribution in [2.24, 2.45) is 5.73 Å². The first-order chi connectivity index (χ1) is 61.7. The first kappa shape index (κ1) is 142. The van der Waals surface area contributed by atoms with Gasteiger partial charge < -0.3 is 79.1 Å². The molecule has 37 nitrogen and oxygen atoms in total. The number of carbonyl (C=O) groups excluding carboxylic acids is 12. The number of carboxylic acids is 3. The molecule has 0 unspecified atom stereocenters. The summed E-state index contributed by atoms with van der Waals surface area (Å²) in [5.41, 5.74) is -4.37. The fraction of sp³-hybridized carbons (Fsp3) is 0.832. The van der Waals surface area contributed by atoms with E-state index in [1.54, 1.807) is 187 Å². The maximum atomic E-state index is 13.1. The van der Waals surface area contributed by atoms with Crippen LogP contribution in [0.4, 0.5) is 0 Å². The molecule has 0 aromatic heterocycles. The number of hydrogen-bond acceptors (Lipinski definition) is 30. The lowest BCUT2D eigenvalue weighted by atomic mass is 9.83. The fourth-order valence-electron chi connectivity index (χ4n) is 12.6. The van der Waals surface area contributed by atoms with Crippen molar-refractivity contribution in [3.63, 3.8) is 0 Å². The minimum absolute atomic E-state index is 0. The molecule has 2 amide bonds.